The van der Waals surface area contributed by atoms with Gasteiger partial charge in [-0.3, -0.25) is 37.3 Å². The van der Waals surface area contributed by atoms with Crippen LogP contribution < -0.4 is 16.4 Å². The number of rotatable bonds is 21. The summed E-state index contributed by atoms with van der Waals surface area (Å²) in [6.07, 6.45) is -7.24. The normalized spacial score (nSPS) is 21.5. The molecule has 0 spiro atoms. The molecular formula is C25H42N7O18P3S2. The van der Waals surface area contributed by atoms with Crippen molar-refractivity contribution in [3.63, 3.8) is 0 Å². The van der Waals surface area contributed by atoms with E-state index in [9.17, 15) is 62.7 Å². The number of thioether (sulfide) groups is 1. The molecule has 0 aliphatic carbocycles. The number of carbonyl (C=O) groups excluding carboxylic acids is 4. The zero-order chi connectivity index (χ0) is 40.6. The maximum atomic E-state index is 12.6. The number of anilines is 1. The monoisotopic (exact) mass is 885 g/mol. The number of nitrogens with two attached hydrogens (primary N) is 1. The van der Waals surface area contributed by atoms with Gasteiger partial charge in [-0.15, -0.1) is 0 Å². The highest BCUT2D eigenvalue weighted by atomic mass is 32.2. The Labute approximate surface area is 323 Å². The van der Waals surface area contributed by atoms with E-state index in [-0.39, 0.29) is 73.1 Å². The second-order valence-electron chi connectivity index (χ2n) is 12.2. The first-order valence-electron chi connectivity index (χ1n) is 15.5. The third-order valence-electron chi connectivity index (χ3n) is 7.16. The summed E-state index contributed by atoms with van der Waals surface area (Å²) in [5.74, 6) is -1.61. The SMILES string of the molecule is CC(=O)CC(=O)SCCNC(=O)CCNC(=O)[C@H](O)C(C)(C)COP(=O)(O)OP(=O)(O)OC[C@H]1O[C@@H](n2cnc3c(N)ncnc32)[C@H](O)[C@@H]1OP(=O)(O)O.S. The quantitative estimate of drug-likeness (QED) is 0.0402. The number of fused-ring (bicyclic) bond motifs is 1. The molecule has 25 nitrogen and oxygen atoms in total. The molecule has 2 aromatic rings. The van der Waals surface area contributed by atoms with Crippen LogP contribution in [0.3, 0.4) is 0 Å². The van der Waals surface area contributed by atoms with Crippen molar-refractivity contribution in [1.29, 1.82) is 0 Å². The van der Waals surface area contributed by atoms with Gasteiger partial charge < -0.3 is 50.9 Å². The second-order valence-corrected chi connectivity index (χ2v) is 17.6. The third-order valence-corrected chi connectivity index (χ3v) is 11.1. The van der Waals surface area contributed by atoms with E-state index in [1.54, 1.807) is 0 Å². The smallest absolute Gasteiger partial charge is 0.386 e. The minimum atomic E-state index is -5.58. The number of aromatic nitrogens is 4. The van der Waals surface area contributed by atoms with Crippen LogP contribution in [0.5, 0.6) is 0 Å². The van der Waals surface area contributed by atoms with Gasteiger partial charge >= 0.3 is 23.5 Å². The van der Waals surface area contributed by atoms with Crippen LogP contribution in [0, 0.1) is 5.41 Å². The molecule has 2 aromatic heterocycles. The average molecular weight is 886 g/mol. The summed E-state index contributed by atoms with van der Waals surface area (Å²) in [7, 11) is -16.4. The molecule has 1 aliphatic heterocycles. The van der Waals surface area contributed by atoms with Crippen LogP contribution in [0.2, 0.25) is 0 Å². The predicted octanol–water partition coefficient (Wildman–Crippen LogP) is -1.24. The average Bonchev–Trinajstić information content (AvgIpc) is 3.60. The molecule has 1 saturated heterocycles. The predicted molar refractivity (Wildman–Crippen MR) is 193 cm³/mol. The number of ketones is 1. The van der Waals surface area contributed by atoms with Gasteiger partial charge in [-0.05, 0) is 6.92 Å². The molecule has 0 saturated carbocycles. The van der Waals surface area contributed by atoms with Gasteiger partial charge in [0.2, 0.25) is 11.8 Å². The van der Waals surface area contributed by atoms with E-state index in [0.717, 1.165) is 29.0 Å². The number of phosphoric ester groups is 3. The number of phosphoric acid groups is 3. The molecule has 2 unspecified atom stereocenters. The van der Waals surface area contributed by atoms with Gasteiger partial charge in [-0.1, -0.05) is 25.6 Å². The maximum Gasteiger partial charge on any atom is 0.481 e. The summed E-state index contributed by atoms with van der Waals surface area (Å²) in [4.78, 5) is 97.7. The van der Waals surface area contributed by atoms with Crippen LogP contribution in [0.25, 0.3) is 11.2 Å². The summed E-state index contributed by atoms with van der Waals surface area (Å²) >= 11 is 0.878. The fraction of sp³-hybridized carbons (Fsp3) is 0.640. The van der Waals surface area contributed by atoms with Crippen LogP contribution in [0.1, 0.15) is 39.8 Å². The zero-order valence-electron chi connectivity index (χ0n) is 29.2. The molecule has 30 heteroatoms. The summed E-state index contributed by atoms with van der Waals surface area (Å²) in [5, 5.41) is 25.8. The number of amides is 2. The van der Waals surface area contributed by atoms with Crippen molar-refractivity contribution in [3.05, 3.63) is 12.7 Å². The number of ether oxygens (including phenoxy) is 1. The Balaban J connectivity index is 0.0000105. The van der Waals surface area contributed by atoms with Crippen molar-refractivity contribution in [3.8, 4) is 0 Å². The highest BCUT2D eigenvalue weighted by Gasteiger charge is 2.50. The number of aliphatic hydroxyl groups is 2. The Morgan fingerprint density at radius 3 is 2.35 bits per heavy atom. The Bertz CT molecular complexity index is 1830. The van der Waals surface area contributed by atoms with Crippen LogP contribution in [0.4, 0.5) is 5.82 Å². The number of carbonyl (C=O) groups is 4. The Morgan fingerprint density at radius 2 is 1.71 bits per heavy atom. The van der Waals surface area contributed by atoms with Crippen molar-refractivity contribution in [1.82, 2.24) is 30.2 Å². The Kier molecular flexibility index (Phi) is 18.0. The molecular weight excluding hydrogens is 843 g/mol. The number of imidazole rings is 1. The fourth-order valence-electron chi connectivity index (χ4n) is 4.55. The van der Waals surface area contributed by atoms with Gasteiger partial charge in [0.1, 0.15) is 42.0 Å². The number of hydrogen-bond donors (Lipinski definition) is 9. The minimum absolute atomic E-state index is 0. The van der Waals surface area contributed by atoms with Crippen LogP contribution >= 0.6 is 48.7 Å². The first-order valence-corrected chi connectivity index (χ1v) is 21.0. The number of nitrogens with one attached hydrogen (secondary N) is 2. The van der Waals surface area contributed by atoms with Gasteiger partial charge in [-0.2, -0.15) is 17.8 Å². The van der Waals surface area contributed by atoms with Crippen LogP contribution in [-0.4, -0.2) is 128 Å². The van der Waals surface area contributed by atoms with Crippen LogP contribution in [-0.2, 0) is 55.5 Å². The topological polar surface area (TPSA) is 381 Å². The summed E-state index contributed by atoms with van der Waals surface area (Å²) in [6, 6.07) is 0. The van der Waals surface area contributed by atoms with E-state index in [2.05, 4.69) is 34.4 Å². The van der Waals surface area contributed by atoms with E-state index >= 15 is 0 Å². The lowest BCUT2D eigenvalue weighted by molar-refractivity contribution is -0.137. The van der Waals surface area contributed by atoms with E-state index in [4.69, 9.17) is 19.5 Å². The molecule has 1 aliphatic rings. The van der Waals surface area contributed by atoms with Gasteiger partial charge in [0.25, 0.3) is 0 Å². The van der Waals surface area contributed by atoms with E-state index in [1.807, 2.05) is 0 Å². The maximum absolute atomic E-state index is 12.6. The first kappa shape index (κ1) is 48.7. The van der Waals surface area contributed by atoms with E-state index < -0.39 is 84.6 Å². The van der Waals surface area contributed by atoms with Crippen molar-refractivity contribution >= 4 is 88.4 Å². The lowest BCUT2D eigenvalue weighted by Crippen LogP contribution is -2.46. The largest absolute Gasteiger partial charge is 0.481 e. The van der Waals surface area contributed by atoms with E-state index in [0.29, 0.717) is 0 Å². The van der Waals surface area contributed by atoms with Crippen molar-refractivity contribution in [2.45, 2.75) is 64.3 Å². The first-order chi connectivity index (χ1) is 24.9. The molecule has 0 radical (unpaired) electrons. The third kappa shape index (κ3) is 15.1. The van der Waals surface area contributed by atoms with Crippen LogP contribution in [0.15, 0.2) is 12.7 Å². The minimum Gasteiger partial charge on any atom is -0.386 e. The molecule has 10 N–H and O–H groups in total. The van der Waals surface area contributed by atoms with Gasteiger partial charge in [0.15, 0.2) is 22.8 Å². The number of hydrogen-bond acceptors (Lipinski definition) is 19. The standard InChI is InChI=1S/C25H40N7O18P3S.H2S/c1-13(33)8-16(35)54-7-6-27-15(34)4-5-28-23(38)20(37)25(2,3)10-47-53(44,45)50-52(42,43)46-9-14-19(49-51(39,40)41)18(36)24(48-14)32-12-31-17-21(26)29-11-30-22(17)32;/h11-12,14,18-20,24,36-37H,4-10H2,1-3H3,(H,27,34)(H,28,38)(H,42,43)(H,44,45)(H2,26,29,30)(H2,39,40,41);1H2/t14-,18-,19-,20+,24-;/m1./s1. The zero-order valence-corrected chi connectivity index (χ0v) is 33.7. The number of nitrogens with zero attached hydrogens (tertiary/aromatic N) is 4. The summed E-state index contributed by atoms with van der Waals surface area (Å²) < 4.78 is 61.9. The summed E-state index contributed by atoms with van der Waals surface area (Å²) in [5.41, 5.74) is 4.22. The molecule has 3 rings (SSSR count). The molecule has 0 aromatic carbocycles. The van der Waals surface area contributed by atoms with Crippen molar-refractivity contribution < 1.29 is 85.3 Å². The molecule has 0 bridgehead atoms. The van der Waals surface area contributed by atoms with Crippen molar-refractivity contribution in [2.75, 3.05) is 37.8 Å². The fourth-order valence-corrected chi connectivity index (χ4v) is 8.12. The number of nitrogen functional groups attached to an aromatic ring is 1. The van der Waals surface area contributed by atoms with Crippen molar-refractivity contribution in [2.24, 2.45) is 5.41 Å². The van der Waals surface area contributed by atoms with Gasteiger partial charge in [0.05, 0.1) is 26.0 Å². The number of aliphatic hydroxyl groups excluding tert-OH is 2. The molecule has 312 valence electrons. The lowest BCUT2D eigenvalue weighted by atomic mass is 9.87. The molecule has 7 atom stereocenters. The molecule has 2 amide bonds. The molecule has 1 fully saturated rings. The van der Waals surface area contributed by atoms with Gasteiger partial charge in [-0.25, -0.2) is 28.6 Å². The van der Waals surface area contributed by atoms with E-state index in [1.165, 1.54) is 20.8 Å². The Morgan fingerprint density at radius 1 is 1.05 bits per heavy atom. The highest BCUT2D eigenvalue weighted by molar-refractivity contribution is 8.13. The lowest BCUT2D eigenvalue weighted by Gasteiger charge is -2.30. The summed E-state index contributed by atoms with van der Waals surface area (Å²) in [6.45, 7) is 1.58. The molecule has 55 heavy (non-hydrogen) atoms. The van der Waals surface area contributed by atoms with Gasteiger partial charge in [0, 0.05) is 30.7 Å². The molecule has 3 heterocycles. The number of Topliss-reactive ketones (excluding diaryl/α,β-unsaturated/α-hetero) is 1. The second kappa shape index (κ2) is 20.3. The highest BCUT2D eigenvalue weighted by Crippen LogP contribution is 2.61. The Hall–Kier alpha value is -2.42.